The van der Waals surface area contributed by atoms with E-state index in [0.29, 0.717) is 12.5 Å². The molecule has 1 N–H and O–H groups in total. The predicted molar refractivity (Wildman–Crippen MR) is 126 cm³/mol. The Morgan fingerprint density at radius 3 is 2.55 bits per heavy atom. The van der Waals surface area contributed by atoms with Gasteiger partial charge in [0.05, 0.1) is 20.6 Å². The molecular formula is C22H27Cl2N3OS. The first-order chi connectivity index (χ1) is 13.1. The van der Waals surface area contributed by atoms with E-state index in [9.17, 15) is 4.79 Å². The van der Waals surface area contributed by atoms with Gasteiger partial charge in [0, 0.05) is 32.1 Å². The quantitative estimate of drug-likeness (QED) is 0.636. The minimum absolute atomic E-state index is 0. The summed E-state index contributed by atoms with van der Waals surface area (Å²) in [4.78, 5) is 20.5. The Morgan fingerprint density at radius 2 is 1.86 bits per heavy atom. The van der Waals surface area contributed by atoms with E-state index in [1.54, 1.807) is 11.3 Å². The van der Waals surface area contributed by atoms with Gasteiger partial charge in [-0.2, -0.15) is 0 Å². The van der Waals surface area contributed by atoms with E-state index < -0.39 is 5.41 Å². The van der Waals surface area contributed by atoms with Crippen LogP contribution in [-0.4, -0.2) is 41.5 Å². The SMILES string of the molecule is CC1CN(C(=O)C(C)(Cc2nc3ccccc3s2)c2ccccc2)CCN1.Cl.Cl. The number of benzene rings is 2. The highest BCUT2D eigenvalue weighted by Crippen LogP contribution is 2.34. The lowest BCUT2D eigenvalue weighted by molar-refractivity contribution is -0.138. The maximum atomic E-state index is 13.7. The number of carbonyl (C=O) groups is 1. The summed E-state index contributed by atoms with van der Waals surface area (Å²) in [6.07, 6.45) is 0.619. The number of para-hydroxylation sites is 1. The number of aromatic nitrogens is 1. The molecule has 1 fully saturated rings. The third-order valence-electron chi connectivity index (χ3n) is 5.38. The molecule has 156 valence electrons. The first-order valence-corrected chi connectivity index (χ1v) is 10.3. The summed E-state index contributed by atoms with van der Waals surface area (Å²) in [5.41, 5.74) is 1.45. The summed E-state index contributed by atoms with van der Waals surface area (Å²) >= 11 is 1.69. The molecule has 1 aliphatic heterocycles. The van der Waals surface area contributed by atoms with E-state index in [1.807, 2.05) is 41.3 Å². The molecule has 0 spiro atoms. The molecule has 4 rings (SSSR count). The Hall–Kier alpha value is -1.66. The summed E-state index contributed by atoms with van der Waals surface area (Å²) < 4.78 is 1.17. The maximum Gasteiger partial charge on any atom is 0.233 e. The molecule has 4 nitrogen and oxygen atoms in total. The number of nitrogens with one attached hydrogen (secondary N) is 1. The number of nitrogens with zero attached hydrogens (tertiary/aromatic N) is 2. The Kier molecular flexibility index (Phi) is 8.06. The van der Waals surface area contributed by atoms with Gasteiger partial charge in [-0.15, -0.1) is 36.2 Å². The van der Waals surface area contributed by atoms with Crippen molar-refractivity contribution in [3.63, 3.8) is 0 Å². The average molecular weight is 452 g/mol. The number of thiazole rings is 1. The predicted octanol–water partition coefficient (Wildman–Crippen LogP) is 4.46. The Labute approximate surface area is 188 Å². The second kappa shape index (κ2) is 9.90. The van der Waals surface area contributed by atoms with Crippen LogP contribution in [0, 0.1) is 0 Å². The van der Waals surface area contributed by atoms with Crippen LogP contribution in [0.15, 0.2) is 54.6 Å². The van der Waals surface area contributed by atoms with E-state index in [-0.39, 0.29) is 30.7 Å². The van der Waals surface area contributed by atoms with Gasteiger partial charge in [-0.05, 0) is 31.5 Å². The lowest BCUT2D eigenvalue weighted by Crippen LogP contribution is -2.56. The lowest BCUT2D eigenvalue weighted by atomic mass is 9.78. The topological polar surface area (TPSA) is 45.2 Å². The number of fused-ring (bicyclic) bond motifs is 1. The van der Waals surface area contributed by atoms with E-state index in [2.05, 4.69) is 37.4 Å². The number of hydrogen-bond donors (Lipinski definition) is 1. The van der Waals surface area contributed by atoms with E-state index in [1.165, 1.54) is 4.70 Å². The van der Waals surface area contributed by atoms with Gasteiger partial charge in [-0.1, -0.05) is 42.5 Å². The summed E-state index contributed by atoms with van der Waals surface area (Å²) in [5.74, 6) is 0.196. The van der Waals surface area contributed by atoms with Crippen molar-refractivity contribution in [3.05, 3.63) is 65.2 Å². The number of halogens is 2. The van der Waals surface area contributed by atoms with Crippen LogP contribution in [0.1, 0.15) is 24.4 Å². The molecule has 3 aromatic rings. The van der Waals surface area contributed by atoms with Crippen molar-refractivity contribution in [2.45, 2.75) is 31.7 Å². The third-order valence-corrected chi connectivity index (χ3v) is 6.42. The van der Waals surface area contributed by atoms with Crippen molar-refractivity contribution < 1.29 is 4.79 Å². The zero-order chi connectivity index (χ0) is 18.9. The van der Waals surface area contributed by atoms with Crippen LogP contribution >= 0.6 is 36.2 Å². The highest BCUT2D eigenvalue weighted by Gasteiger charge is 2.40. The fourth-order valence-electron chi connectivity index (χ4n) is 3.87. The Bertz CT molecular complexity index is 916. The molecule has 1 amide bonds. The van der Waals surface area contributed by atoms with E-state index in [4.69, 9.17) is 4.98 Å². The molecule has 0 saturated carbocycles. The Morgan fingerprint density at radius 1 is 1.17 bits per heavy atom. The van der Waals surface area contributed by atoms with Crippen LogP contribution in [-0.2, 0) is 16.6 Å². The maximum absolute atomic E-state index is 13.7. The first-order valence-electron chi connectivity index (χ1n) is 9.49. The minimum atomic E-state index is -0.619. The third kappa shape index (κ3) is 4.92. The van der Waals surface area contributed by atoms with Crippen molar-refractivity contribution >= 4 is 52.3 Å². The number of carbonyl (C=O) groups excluding carboxylic acids is 1. The number of piperazine rings is 1. The zero-order valence-corrected chi connectivity index (χ0v) is 19.1. The monoisotopic (exact) mass is 451 g/mol. The van der Waals surface area contributed by atoms with Crippen molar-refractivity contribution in [3.8, 4) is 0 Å². The molecule has 2 aromatic carbocycles. The molecule has 7 heteroatoms. The van der Waals surface area contributed by atoms with Crippen LogP contribution < -0.4 is 5.32 Å². The van der Waals surface area contributed by atoms with Crippen LogP contribution in [0.2, 0.25) is 0 Å². The number of amides is 1. The smallest absolute Gasteiger partial charge is 0.233 e. The first kappa shape index (κ1) is 23.6. The van der Waals surface area contributed by atoms with Crippen LogP contribution in [0.3, 0.4) is 0 Å². The number of rotatable bonds is 4. The van der Waals surface area contributed by atoms with Gasteiger partial charge in [-0.3, -0.25) is 4.79 Å². The summed E-state index contributed by atoms with van der Waals surface area (Å²) in [7, 11) is 0. The lowest BCUT2D eigenvalue weighted by Gasteiger charge is -2.38. The van der Waals surface area contributed by atoms with Gasteiger partial charge >= 0.3 is 0 Å². The van der Waals surface area contributed by atoms with Gasteiger partial charge in [-0.25, -0.2) is 4.98 Å². The second-order valence-electron chi connectivity index (χ2n) is 7.56. The largest absolute Gasteiger partial charge is 0.339 e. The van der Waals surface area contributed by atoms with Crippen LogP contribution in [0.5, 0.6) is 0 Å². The average Bonchev–Trinajstić information content (AvgIpc) is 3.10. The fraction of sp³-hybridized carbons (Fsp3) is 0.364. The van der Waals surface area contributed by atoms with Crippen molar-refractivity contribution in [2.75, 3.05) is 19.6 Å². The molecular weight excluding hydrogens is 425 g/mol. The normalized spacial score (nSPS) is 18.4. The Balaban J connectivity index is 0.00000150. The van der Waals surface area contributed by atoms with Crippen LogP contribution in [0.25, 0.3) is 10.2 Å². The molecule has 0 radical (unpaired) electrons. The summed E-state index contributed by atoms with van der Waals surface area (Å²) in [6.45, 7) is 6.56. The summed E-state index contributed by atoms with van der Waals surface area (Å²) in [6, 6.07) is 18.7. The van der Waals surface area contributed by atoms with Crippen molar-refractivity contribution in [1.82, 2.24) is 15.2 Å². The minimum Gasteiger partial charge on any atom is -0.339 e. The van der Waals surface area contributed by atoms with Gasteiger partial charge < -0.3 is 10.2 Å². The van der Waals surface area contributed by atoms with E-state index in [0.717, 1.165) is 35.7 Å². The molecule has 2 heterocycles. The van der Waals surface area contributed by atoms with E-state index >= 15 is 0 Å². The van der Waals surface area contributed by atoms with Gasteiger partial charge in [0.2, 0.25) is 5.91 Å². The molecule has 1 aliphatic rings. The van der Waals surface area contributed by atoms with Gasteiger partial charge in [0.25, 0.3) is 0 Å². The van der Waals surface area contributed by atoms with Crippen molar-refractivity contribution in [1.29, 1.82) is 0 Å². The molecule has 1 aromatic heterocycles. The molecule has 0 aliphatic carbocycles. The van der Waals surface area contributed by atoms with Gasteiger partial charge in [0.15, 0.2) is 0 Å². The zero-order valence-electron chi connectivity index (χ0n) is 16.6. The highest BCUT2D eigenvalue weighted by molar-refractivity contribution is 7.18. The molecule has 2 atom stereocenters. The molecule has 2 unspecified atom stereocenters. The fourth-order valence-corrected chi connectivity index (χ4v) is 4.99. The molecule has 29 heavy (non-hydrogen) atoms. The second-order valence-corrected chi connectivity index (χ2v) is 8.67. The highest BCUT2D eigenvalue weighted by atomic mass is 35.5. The van der Waals surface area contributed by atoms with Crippen LogP contribution in [0.4, 0.5) is 0 Å². The van der Waals surface area contributed by atoms with Crippen molar-refractivity contribution in [2.24, 2.45) is 0 Å². The molecule has 0 bridgehead atoms. The van der Waals surface area contributed by atoms with Gasteiger partial charge in [0.1, 0.15) is 0 Å². The molecule has 1 saturated heterocycles. The standard InChI is InChI=1S/C22H25N3OS.2ClH/c1-16-15-25(13-12-23-16)21(26)22(2,17-8-4-3-5-9-17)14-20-24-18-10-6-7-11-19(18)27-20;;/h3-11,16,23H,12-15H2,1-2H3;2*1H. The number of hydrogen-bond acceptors (Lipinski definition) is 4. The summed E-state index contributed by atoms with van der Waals surface area (Å²) in [5, 5.41) is 4.43.